The van der Waals surface area contributed by atoms with Crippen molar-refractivity contribution in [1.82, 2.24) is 14.8 Å². The average Bonchev–Trinajstić information content (AvgIpc) is 3.37. The highest BCUT2D eigenvalue weighted by atomic mass is 16.5. The van der Waals surface area contributed by atoms with Crippen LogP contribution in [-0.4, -0.2) is 50.8 Å². The zero-order chi connectivity index (χ0) is 22.8. The highest BCUT2D eigenvalue weighted by molar-refractivity contribution is 5.70. The monoisotopic (exact) mass is 438 g/mol. The van der Waals surface area contributed by atoms with Crippen molar-refractivity contribution in [3.8, 4) is 34.6 Å². The molecule has 0 fully saturated rings. The highest BCUT2D eigenvalue weighted by Crippen LogP contribution is 2.39. The molecule has 4 rings (SSSR count). The van der Waals surface area contributed by atoms with Crippen LogP contribution in [0.2, 0.25) is 0 Å². The number of hydrogen-bond donors (Lipinski definition) is 3. The number of nitrogens with one attached hydrogen (secondary N) is 1. The topological polar surface area (TPSA) is 102 Å². The number of aromatic hydroxyl groups is 2. The van der Waals surface area contributed by atoms with Gasteiger partial charge in [-0.05, 0) is 61.6 Å². The van der Waals surface area contributed by atoms with E-state index in [4.69, 9.17) is 9.47 Å². The fraction of sp³-hybridized carbons (Fsp3) is 0.417. The van der Waals surface area contributed by atoms with E-state index in [0.717, 1.165) is 29.9 Å². The molecule has 0 saturated heterocycles. The van der Waals surface area contributed by atoms with Gasteiger partial charge in [-0.25, -0.2) is 4.57 Å². The van der Waals surface area contributed by atoms with Crippen molar-refractivity contribution in [1.29, 1.82) is 0 Å². The third kappa shape index (κ3) is 4.36. The molecular weight excluding hydrogens is 408 g/mol. The van der Waals surface area contributed by atoms with Crippen molar-refractivity contribution in [3.05, 3.63) is 41.5 Å². The Kier molecular flexibility index (Phi) is 6.23. The first kappa shape index (κ1) is 22.0. The number of phenolic OH excluding ortho intramolecular Hbond substituents is 2. The Labute approximate surface area is 187 Å². The summed E-state index contributed by atoms with van der Waals surface area (Å²) in [5, 5.41) is 32.9. The Morgan fingerprint density at radius 1 is 1.03 bits per heavy atom. The van der Waals surface area contributed by atoms with Crippen molar-refractivity contribution < 1.29 is 19.7 Å². The Balaban J connectivity index is 1.79. The van der Waals surface area contributed by atoms with Gasteiger partial charge in [0, 0.05) is 18.3 Å². The normalized spacial score (nSPS) is 12.9. The molecule has 1 aromatic heterocycles. The Morgan fingerprint density at radius 2 is 1.84 bits per heavy atom. The van der Waals surface area contributed by atoms with Gasteiger partial charge in [0.05, 0.1) is 24.0 Å². The summed E-state index contributed by atoms with van der Waals surface area (Å²) in [6.07, 6.45) is 1.04. The van der Waals surface area contributed by atoms with Crippen LogP contribution >= 0.6 is 0 Å². The van der Waals surface area contributed by atoms with Gasteiger partial charge in [-0.3, -0.25) is 0 Å². The smallest absolute Gasteiger partial charge is 0.322 e. The molecule has 1 aliphatic rings. The Hall–Kier alpha value is -3.26. The van der Waals surface area contributed by atoms with Crippen LogP contribution in [0.25, 0.3) is 17.1 Å². The summed E-state index contributed by atoms with van der Waals surface area (Å²) in [7, 11) is 0. The van der Waals surface area contributed by atoms with Crippen LogP contribution in [0.3, 0.4) is 0 Å². The first-order valence-electron chi connectivity index (χ1n) is 11.0. The van der Waals surface area contributed by atoms with Gasteiger partial charge in [-0.1, -0.05) is 18.9 Å². The number of anilines is 1. The fourth-order valence-electron chi connectivity index (χ4n) is 3.85. The Morgan fingerprint density at radius 3 is 2.59 bits per heavy atom. The van der Waals surface area contributed by atoms with Crippen molar-refractivity contribution in [2.75, 3.05) is 25.1 Å². The number of rotatable bonds is 8. The number of fused-ring (bicyclic) bond motifs is 1. The minimum Gasteiger partial charge on any atom is -0.508 e. The summed E-state index contributed by atoms with van der Waals surface area (Å²) >= 11 is 0. The highest BCUT2D eigenvalue weighted by Gasteiger charge is 2.23. The van der Waals surface area contributed by atoms with E-state index in [-0.39, 0.29) is 23.5 Å². The van der Waals surface area contributed by atoms with E-state index >= 15 is 0 Å². The van der Waals surface area contributed by atoms with E-state index in [1.165, 1.54) is 11.6 Å². The first-order chi connectivity index (χ1) is 15.3. The molecule has 32 heavy (non-hydrogen) atoms. The third-order valence-corrected chi connectivity index (χ3v) is 5.46. The molecule has 3 aromatic rings. The van der Waals surface area contributed by atoms with Gasteiger partial charge in [-0.15, -0.1) is 5.10 Å². The number of ether oxygens (including phenoxy) is 2. The van der Waals surface area contributed by atoms with Crippen LogP contribution in [0.1, 0.15) is 44.7 Å². The molecule has 2 heterocycles. The van der Waals surface area contributed by atoms with E-state index < -0.39 is 0 Å². The van der Waals surface area contributed by atoms with E-state index in [1.807, 2.05) is 39.8 Å². The summed E-state index contributed by atoms with van der Waals surface area (Å²) in [5.74, 6) is 0.493. The predicted molar refractivity (Wildman–Crippen MR) is 123 cm³/mol. The standard InChI is InChI=1S/C24H30N4O4/c1-14(2)18-12-19(22(30)13-21(18)29)23-26-27-24(32-10-9-31-15(3)4)28(23)17-5-6-20-16(11-17)7-8-25-20/h5-6,11-15,25,29-30H,7-10H2,1-4H3. The molecular formula is C24H30N4O4. The molecule has 0 radical (unpaired) electrons. The van der Waals surface area contributed by atoms with Crippen LogP contribution < -0.4 is 10.1 Å². The molecule has 3 N–H and O–H groups in total. The number of benzene rings is 2. The van der Waals surface area contributed by atoms with Crippen molar-refractivity contribution >= 4 is 5.69 Å². The lowest BCUT2D eigenvalue weighted by atomic mass is 9.98. The lowest BCUT2D eigenvalue weighted by Gasteiger charge is -2.15. The van der Waals surface area contributed by atoms with Crippen LogP contribution in [0.4, 0.5) is 5.69 Å². The van der Waals surface area contributed by atoms with Crippen LogP contribution in [0, 0.1) is 0 Å². The minimum absolute atomic E-state index is 0.0539. The van der Waals surface area contributed by atoms with Crippen LogP contribution in [0.15, 0.2) is 30.3 Å². The molecule has 0 saturated carbocycles. The molecule has 0 aliphatic carbocycles. The van der Waals surface area contributed by atoms with Gasteiger partial charge < -0.3 is 25.0 Å². The molecule has 170 valence electrons. The second kappa shape index (κ2) is 9.08. The van der Waals surface area contributed by atoms with E-state index in [0.29, 0.717) is 30.6 Å². The molecule has 0 bridgehead atoms. The molecule has 1 aliphatic heterocycles. The van der Waals surface area contributed by atoms with Gasteiger partial charge in [0.15, 0.2) is 5.82 Å². The van der Waals surface area contributed by atoms with E-state index in [1.54, 1.807) is 10.6 Å². The summed E-state index contributed by atoms with van der Waals surface area (Å²) in [4.78, 5) is 0. The zero-order valence-electron chi connectivity index (χ0n) is 18.9. The molecule has 0 atom stereocenters. The predicted octanol–water partition coefficient (Wildman–Crippen LogP) is 4.24. The van der Waals surface area contributed by atoms with Crippen molar-refractivity contribution in [2.45, 2.75) is 46.1 Å². The van der Waals surface area contributed by atoms with Gasteiger partial charge in [0.1, 0.15) is 18.1 Å². The van der Waals surface area contributed by atoms with Gasteiger partial charge >= 0.3 is 6.01 Å². The van der Waals surface area contributed by atoms with Gasteiger partial charge in [-0.2, -0.15) is 0 Å². The summed E-state index contributed by atoms with van der Waals surface area (Å²) in [6.45, 7) is 9.56. The van der Waals surface area contributed by atoms with Crippen LogP contribution in [0.5, 0.6) is 17.5 Å². The molecule has 8 heteroatoms. The fourth-order valence-corrected chi connectivity index (χ4v) is 3.85. The zero-order valence-corrected chi connectivity index (χ0v) is 18.9. The van der Waals surface area contributed by atoms with Crippen molar-refractivity contribution in [3.63, 3.8) is 0 Å². The number of aromatic nitrogens is 3. The molecule has 8 nitrogen and oxygen atoms in total. The number of hydrogen-bond acceptors (Lipinski definition) is 7. The number of phenols is 2. The summed E-state index contributed by atoms with van der Waals surface area (Å²) in [5.41, 5.74) is 4.36. The minimum atomic E-state index is -0.0712. The average molecular weight is 439 g/mol. The van der Waals surface area contributed by atoms with Gasteiger partial charge in [0.25, 0.3) is 0 Å². The summed E-state index contributed by atoms with van der Waals surface area (Å²) < 4.78 is 13.3. The SMILES string of the molecule is CC(C)OCCOc1nnc(-c2cc(C(C)C)c(O)cc2O)n1-c1ccc2c(c1)CCN2. The quantitative estimate of drug-likeness (QED) is 0.452. The van der Waals surface area contributed by atoms with Gasteiger partial charge in [0.2, 0.25) is 0 Å². The second-order valence-electron chi connectivity index (χ2n) is 8.51. The lowest BCUT2D eigenvalue weighted by molar-refractivity contribution is 0.0527. The van der Waals surface area contributed by atoms with E-state index in [2.05, 4.69) is 21.6 Å². The maximum Gasteiger partial charge on any atom is 0.322 e. The van der Waals surface area contributed by atoms with Crippen LogP contribution in [-0.2, 0) is 11.2 Å². The largest absolute Gasteiger partial charge is 0.508 e. The summed E-state index contributed by atoms with van der Waals surface area (Å²) in [6, 6.07) is 9.52. The molecule has 2 aromatic carbocycles. The second-order valence-corrected chi connectivity index (χ2v) is 8.51. The molecule has 0 unspecified atom stereocenters. The van der Waals surface area contributed by atoms with Crippen molar-refractivity contribution in [2.24, 2.45) is 0 Å². The maximum absolute atomic E-state index is 10.6. The first-order valence-corrected chi connectivity index (χ1v) is 11.0. The molecule has 0 spiro atoms. The lowest BCUT2D eigenvalue weighted by Crippen LogP contribution is -2.13. The van der Waals surface area contributed by atoms with E-state index in [9.17, 15) is 10.2 Å². The Bertz CT molecular complexity index is 1110. The maximum atomic E-state index is 10.6. The molecule has 0 amide bonds. The number of nitrogens with zero attached hydrogens (tertiary/aromatic N) is 3. The third-order valence-electron chi connectivity index (χ3n) is 5.46.